The van der Waals surface area contributed by atoms with Crippen LogP contribution in [0.5, 0.6) is 0 Å². The van der Waals surface area contributed by atoms with Crippen molar-refractivity contribution in [3.63, 3.8) is 0 Å². The van der Waals surface area contributed by atoms with E-state index in [9.17, 15) is 9.59 Å². The molecule has 0 aliphatic carbocycles. The molecule has 5 heteroatoms. The first-order valence-corrected chi connectivity index (χ1v) is 8.44. The van der Waals surface area contributed by atoms with Gasteiger partial charge in [0.2, 0.25) is 5.56 Å². The lowest BCUT2D eigenvalue weighted by Crippen LogP contribution is -2.36. The van der Waals surface area contributed by atoms with Crippen LogP contribution in [0.3, 0.4) is 0 Å². The van der Waals surface area contributed by atoms with Gasteiger partial charge in [-0.1, -0.05) is 0 Å². The monoisotopic (exact) mass is 325 g/mol. The topological polar surface area (TPSA) is 55.2 Å². The zero-order valence-corrected chi connectivity index (χ0v) is 14.2. The fourth-order valence-electron chi connectivity index (χ4n) is 3.38. The third-order valence-corrected chi connectivity index (χ3v) is 4.70. The van der Waals surface area contributed by atoms with Gasteiger partial charge in [0, 0.05) is 43.8 Å². The summed E-state index contributed by atoms with van der Waals surface area (Å²) in [5.74, 6) is 0.0269. The molecule has 0 bridgehead atoms. The number of amides is 1. The minimum atomic E-state index is -0.0995. The van der Waals surface area contributed by atoms with E-state index in [4.69, 9.17) is 0 Å². The summed E-state index contributed by atoms with van der Waals surface area (Å²) in [7, 11) is 1.67. The molecule has 0 radical (unpaired) electrons. The maximum atomic E-state index is 12.8. The Morgan fingerprint density at radius 3 is 2.92 bits per heavy atom. The standard InChI is InChI=1S/C19H23N3O2/c1-14-12-15(9-10-20-14)5-7-17-4-3-11-22(17)19(24)16-6-8-18(23)21(2)13-16/h6,8-10,12-13,17H,3-5,7,11H2,1-2H3/t17-/m1/s1. The lowest BCUT2D eigenvalue weighted by molar-refractivity contribution is 0.0729. The summed E-state index contributed by atoms with van der Waals surface area (Å²) in [4.78, 5) is 30.5. The number of hydrogen-bond acceptors (Lipinski definition) is 3. The van der Waals surface area contributed by atoms with Gasteiger partial charge in [0.25, 0.3) is 5.91 Å². The Bertz CT molecular complexity index is 797. The molecule has 0 spiro atoms. The van der Waals surface area contributed by atoms with Gasteiger partial charge >= 0.3 is 0 Å². The van der Waals surface area contributed by atoms with Crippen LogP contribution in [0.1, 0.15) is 40.9 Å². The fraction of sp³-hybridized carbons (Fsp3) is 0.421. The number of pyridine rings is 2. The third kappa shape index (κ3) is 3.55. The van der Waals surface area contributed by atoms with Crippen LogP contribution in [0, 0.1) is 6.92 Å². The molecule has 24 heavy (non-hydrogen) atoms. The third-order valence-electron chi connectivity index (χ3n) is 4.70. The van der Waals surface area contributed by atoms with Crippen molar-refractivity contribution in [3.05, 3.63) is 63.8 Å². The smallest absolute Gasteiger partial charge is 0.255 e. The number of rotatable bonds is 4. The van der Waals surface area contributed by atoms with Crippen LogP contribution in [0.15, 0.2) is 41.5 Å². The van der Waals surface area contributed by atoms with Crippen LogP contribution in [0.25, 0.3) is 0 Å². The molecule has 0 N–H and O–H groups in total. The van der Waals surface area contributed by atoms with Crippen LogP contribution in [0.4, 0.5) is 0 Å². The van der Waals surface area contributed by atoms with E-state index in [1.54, 1.807) is 19.3 Å². The molecule has 0 unspecified atom stereocenters. The van der Waals surface area contributed by atoms with Crippen molar-refractivity contribution in [1.29, 1.82) is 0 Å². The van der Waals surface area contributed by atoms with E-state index in [1.165, 1.54) is 16.2 Å². The second-order valence-corrected chi connectivity index (χ2v) is 6.51. The van der Waals surface area contributed by atoms with Gasteiger partial charge in [-0.2, -0.15) is 0 Å². The Morgan fingerprint density at radius 1 is 1.33 bits per heavy atom. The van der Waals surface area contributed by atoms with Crippen LogP contribution in [-0.4, -0.2) is 32.9 Å². The van der Waals surface area contributed by atoms with Crippen molar-refractivity contribution >= 4 is 5.91 Å². The highest BCUT2D eigenvalue weighted by Crippen LogP contribution is 2.24. The van der Waals surface area contributed by atoms with E-state index in [2.05, 4.69) is 11.1 Å². The molecule has 0 aromatic carbocycles. The lowest BCUT2D eigenvalue weighted by Gasteiger charge is -2.25. The number of likely N-dealkylation sites (tertiary alicyclic amines) is 1. The molecule has 1 fully saturated rings. The highest BCUT2D eigenvalue weighted by atomic mass is 16.2. The van der Waals surface area contributed by atoms with E-state index in [0.717, 1.165) is 37.9 Å². The molecule has 1 atom stereocenters. The van der Waals surface area contributed by atoms with E-state index < -0.39 is 0 Å². The molecular weight excluding hydrogens is 302 g/mol. The summed E-state index contributed by atoms with van der Waals surface area (Å²) in [5.41, 5.74) is 2.78. The number of aromatic nitrogens is 2. The molecule has 2 aromatic rings. The van der Waals surface area contributed by atoms with E-state index in [0.29, 0.717) is 5.56 Å². The van der Waals surface area contributed by atoms with Crippen molar-refractivity contribution in [2.45, 2.75) is 38.6 Å². The first-order valence-electron chi connectivity index (χ1n) is 8.44. The molecule has 1 aliphatic rings. The molecule has 3 heterocycles. The van der Waals surface area contributed by atoms with Gasteiger partial charge in [-0.25, -0.2) is 0 Å². The van der Waals surface area contributed by atoms with Gasteiger partial charge in [-0.3, -0.25) is 14.6 Å². The second kappa shape index (κ2) is 6.99. The molecular formula is C19H23N3O2. The van der Waals surface area contributed by atoms with Crippen LogP contribution < -0.4 is 5.56 Å². The normalized spacial score (nSPS) is 17.2. The molecule has 1 saturated heterocycles. The summed E-state index contributed by atoms with van der Waals surface area (Å²) in [6, 6.07) is 7.50. The van der Waals surface area contributed by atoms with Crippen LogP contribution in [0.2, 0.25) is 0 Å². The summed E-state index contributed by atoms with van der Waals surface area (Å²) in [5, 5.41) is 0. The van der Waals surface area contributed by atoms with Crippen molar-refractivity contribution < 1.29 is 4.79 Å². The Hall–Kier alpha value is -2.43. The number of hydrogen-bond donors (Lipinski definition) is 0. The first-order chi connectivity index (χ1) is 11.5. The SMILES string of the molecule is Cc1cc(CC[C@H]2CCCN2C(=O)c2ccc(=O)n(C)c2)ccn1. The lowest BCUT2D eigenvalue weighted by atomic mass is 10.0. The van der Waals surface area contributed by atoms with Crippen molar-refractivity contribution in [1.82, 2.24) is 14.5 Å². The van der Waals surface area contributed by atoms with E-state index >= 15 is 0 Å². The molecule has 1 amide bonds. The van der Waals surface area contributed by atoms with Crippen molar-refractivity contribution in [2.75, 3.05) is 6.54 Å². The Labute approximate surface area is 141 Å². The molecule has 2 aromatic heterocycles. The number of carbonyl (C=O) groups is 1. The maximum Gasteiger partial charge on any atom is 0.255 e. The summed E-state index contributed by atoms with van der Waals surface area (Å²) >= 11 is 0. The summed E-state index contributed by atoms with van der Waals surface area (Å²) in [6.45, 7) is 2.79. The minimum absolute atomic E-state index is 0.0269. The Kier molecular flexibility index (Phi) is 4.79. The van der Waals surface area contributed by atoms with Gasteiger partial charge in [-0.15, -0.1) is 0 Å². The zero-order chi connectivity index (χ0) is 17.1. The quantitative estimate of drug-likeness (QED) is 0.867. The van der Waals surface area contributed by atoms with Gasteiger partial charge in [-0.05, 0) is 56.4 Å². The van der Waals surface area contributed by atoms with Gasteiger partial charge in [0.05, 0.1) is 5.56 Å². The van der Waals surface area contributed by atoms with Crippen LogP contribution in [-0.2, 0) is 13.5 Å². The van der Waals surface area contributed by atoms with Gasteiger partial charge in [0.1, 0.15) is 0 Å². The highest BCUT2D eigenvalue weighted by molar-refractivity contribution is 5.94. The predicted octanol–water partition coefficient (Wildman–Crippen LogP) is 2.33. The predicted molar refractivity (Wildman–Crippen MR) is 93.0 cm³/mol. The summed E-state index contributed by atoms with van der Waals surface area (Å²) < 4.78 is 1.46. The van der Waals surface area contributed by atoms with Crippen LogP contribution >= 0.6 is 0 Å². The zero-order valence-electron chi connectivity index (χ0n) is 14.2. The number of aryl methyl sites for hydroxylation is 3. The van der Waals surface area contributed by atoms with E-state index in [1.807, 2.05) is 24.1 Å². The molecule has 3 rings (SSSR count). The highest BCUT2D eigenvalue weighted by Gasteiger charge is 2.29. The molecule has 5 nitrogen and oxygen atoms in total. The average molecular weight is 325 g/mol. The molecule has 1 aliphatic heterocycles. The number of nitrogens with zero attached hydrogens (tertiary/aromatic N) is 3. The number of carbonyl (C=O) groups excluding carboxylic acids is 1. The fourth-order valence-corrected chi connectivity index (χ4v) is 3.38. The van der Waals surface area contributed by atoms with Gasteiger partial charge in [0.15, 0.2) is 0 Å². The van der Waals surface area contributed by atoms with Crippen molar-refractivity contribution in [2.24, 2.45) is 7.05 Å². The average Bonchev–Trinajstić information content (AvgIpc) is 3.03. The molecule has 0 saturated carbocycles. The minimum Gasteiger partial charge on any atom is -0.336 e. The Morgan fingerprint density at radius 2 is 2.17 bits per heavy atom. The van der Waals surface area contributed by atoms with Gasteiger partial charge < -0.3 is 9.47 Å². The van der Waals surface area contributed by atoms with E-state index in [-0.39, 0.29) is 17.5 Å². The van der Waals surface area contributed by atoms with Crippen molar-refractivity contribution in [3.8, 4) is 0 Å². The second-order valence-electron chi connectivity index (χ2n) is 6.51. The molecule has 126 valence electrons. The maximum absolute atomic E-state index is 12.8. The summed E-state index contributed by atoms with van der Waals surface area (Å²) in [6.07, 6.45) is 7.46. The Balaban J connectivity index is 1.69. The first kappa shape index (κ1) is 16.4. The largest absolute Gasteiger partial charge is 0.336 e.